The maximum absolute atomic E-state index is 12.4. The van der Waals surface area contributed by atoms with E-state index in [-0.39, 0.29) is 18.4 Å². The Labute approximate surface area is 152 Å². The molecule has 2 aromatic carbocycles. The molecule has 0 fully saturated rings. The van der Waals surface area contributed by atoms with Crippen LogP contribution in [-0.4, -0.2) is 32.6 Å². The summed E-state index contributed by atoms with van der Waals surface area (Å²) in [5.41, 5.74) is 2.92. The smallest absolute Gasteiger partial charge is 0.264 e. The second kappa shape index (κ2) is 7.31. The van der Waals surface area contributed by atoms with Crippen molar-refractivity contribution < 1.29 is 19.1 Å². The minimum atomic E-state index is -0.269. The molecule has 1 aliphatic heterocycles. The number of methoxy groups -OCH3 is 1. The molecule has 2 amide bonds. The van der Waals surface area contributed by atoms with Crippen LogP contribution in [0.25, 0.3) is 5.57 Å². The molecule has 6 heteroatoms. The van der Waals surface area contributed by atoms with Crippen LogP contribution in [0.1, 0.15) is 12.5 Å². The number of nitrogens with zero attached hydrogens (tertiary/aromatic N) is 1. The topological polar surface area (TPSA) is 67.9 Å². The van der Waals surface area contributed by atoms with E-state index >= 15 is 0 Å². The first-order chi connectivity index (χ1) is 12.5. The fourth-order valence-corrected chi connectivity index (χ4v) is 2.71. The molecule has 134 valence electrons. The quantitative estimate of drug-likeness (QED) is 0.859. The van der Waals surface area contributed by atoms with Gasteiger partial charge in [-0.2, -0.15) is 0 Å². The predicted octanol–water partition coefficient (Wildman–Crippen LogP) is 3.09. The highest BCUT2D eigenvalue weighted by Gasteiger charge is 2.24. The third-order valence-electron chi connectivity index (χ3n) is 4.22. The third-order valence-corrected chi connectivity index (χ3v) is 4.22. The number of para-hydroxylation sites is 1. The number of nitrogens with one attached hydrogen (secondary N) is 1. The van der Waals surface area contributed by atoms with E-state index in [0.717, 1.165) is 16.9 Å². The molecule has 0 spiro atoms. The summed E-state index contributed by atoms with van der Waals surface area (Å²) in [5, 5.41) is 2.83. The van der Waals surface area contributed by atoms with E-state index in [0.29, 0.717) is 17.1 Å². The van der Waals surface area contributed by atoms with Gasteiger partial charge in [-0.1, -0.05) is 18.2 Å². The molecule has 0 aromatic heterocycles. The van der Waals surface area contributed by atoms with E-state index in [9.17, 15) is 9.59 Å². The zero-order chi connectivity index (χ0) is 18.7. The zero-order valence-electron chi connectivity index (χ0n) is 14.9. The van der Waals surface area contributed by atoms with Crippen molar-refractivity contribution in [2.45, 2.75) is 6.92 Å². The van der Waals surface area contributed by atoms with Crippen LogP contribution in [0, 0.1) is 0 Å². The van der Waals surface area contributed by atoms with Crippen molar-refractivity contribution in [3.63, 3.8) is 0 Å². The molecule has 0 bridgehead atoms. The van der Waals surface area contributed by atoms with Crippen molar-refractivity contribution in [2.75, 3.05) is 31.0 Å². The Hall–Kier alpha value is -3.28. The summed E-state index contributed by atoms with van der Waals surface area (Å²) in [6.45, 7) is 1.82. The first kappa shape index (κ1) is 17.5. The summed E-state index contributed by atoms with van der Waals surface area (Å²) in [7, 11) is 3.29. The Morgan fingerprint density at radius 1 is 1.23 bits per heavy atom. The molecule has 26 heavy (non-hydrogen) atoms. The van der Waals surface area contributed by atoms with E-state index in [1.807, 2.05) is 31.2 Å². The summed E-state index contributed by atoms with van der Waals surface area (Å²) in [6.07, 6.45) is 1.53. The summed E-state index contributed by atoms with van der Waals surface area (Å²) in [4.78, 5) is 25.7. The van der Waals surface area contributed by atoms with E-state index in [1.54, 1.807) is 32.4 Å². The van der Waals surface area contributed by atoms with Gasteiger partial charge in [0.2, 0.25) is 5.91 Å². The van der Waals surface area contributed by atoms with Crippen molar-refractivity contribution in [1.82, 2.24) is 0 Å². The fraction of sp³-hybridized carbons (Fsp3) is 0.200. The average Bonchev–Trinajstić information content (AvgIpc) is 2.65. The lowest BCUT2D eigenvalue weighted by Crippen LogP contribution is -2.35. The van der Waals surface area contributed by atoms with Gasteiger partial charge in [-0.3, -0.25) is 9.59 Å². The standard InChI is InChI=1S/C20H20N2O4/c1-13(14-7-9-15(25-3)10-8-14)11-18(23)21-16-5-4-6-17-20(16)26-12-19(24)22(17)2/h4-11H,12H2,1-3H3,(H,21,23)/b13-11+. The number of fused-ring (bicyclic) bond motifs is 1. The van der Waals surface area contributed by atoms with Crippen molar-refractivity contribution in [2.24, 2.45) is 0 Å². The Morgan fingerprint density at radius 2 is 1.96 bits per heavy atom. The number of anilines is 2. The summed E-state index contributed by atoms with van der Waals surface area (Å²) in [6, 6.07) is 12.8. The molecule has 3 rings (SSSR count). The fourth-order valence-electron chi connectivity index (χ4n) is 2.71. The van der Waals surface area contributed by atoms with Crippen LogP contribution < -0.4 is 19.7 Å². The number of amides is 2. The van der Waals surface area contributed by atoms with Gasteiger partial charge in [0.25, 0.3) is 5.91 Å². The highest BCUT2D eigenvalue weighted by molar-refractivity contribution is 6.06. The zero-order valence-corrected chi connectivity index (χ0v) is 14.9. The van der Waals surface area contributed by atoms with Gasteiger partial charge < -0.3 is 19.7 Å². The van der Waals surface area contributed by atoms with Gasteiger partial charge in [0.15, 0.2) is 12.4 Å². The van der Waals surface area contributed by atoms with Crippen molar-refractivity contribution in [3.8, 4) is 11.5 Å². The number of hydrogen-bond donors (Lipinski definition) is 1. The minimum absolute atomic E-state index is 0.0445. The molecular weight excluding hydrogens is 332 g/mol. The second-order valence-electron chi connectivity index (χ2n) is 5.94. The number of rotatable bonds is 4. The van der Waals surface area contributed by atoms with Crippen LogP contribution in [0.2, 0.25) is 0 Å². The Kier molecular flexibility index (Phi) is 4.93. The Bertz CT molecular complexity index is 872. The van der Waals surface area contributed by atoms with E-state index < -0.39 is 0 Å². The van der Waals surface area contributed by atoms with Crippen molar-refractivity contribution in [3.05, 3.63) is 54.1 Å². The molecule has 1 N–H and O–H groups in total. The Balaban J connectivity index is 1.79. The average molecular weight is 352 g/mol. The molecule has 0 saturated carbocycles. The van der Waals surface area contributed by atoms with Crippen LogP contribution in [-0.2, 0) is 9.59 Å². The molecule has 0 unspecified atom stereocenters. The number of ether oxygens (including phenoxy) is 2. The minimum Gasteiger partial charge on any atom is -0.497 e. The lowest BCUT2D eigenvalue weighted by Gasteiger charge is -2.27. The van der Waals surface area contributed by atoms with E-state index in [1.165, 1.54) is 11.0 Å². The Morgan fingerprint density at radius 3 is 2.65 bits per heavy atom. The molecule has 1 aliphatic rings. The third kappa shape index (κ3) is 3.54. The normalized spacial score (nSPS) is 13.7. The lowest BCUT2D eigenvalue weighted by molar-refractivity contribution is -0.120. The van der Waals surface area contributed by atoms with Gasteiger partial charge in [0.05, 0.1) is 18.5 Å². The van der Waals surface area contributed by atoms with Gasteiger partial charge >= 0.3 is 0 Å². The molecular formula is C20H20N2O4. The van der Waals surface area contributed by atoms with Gasteiger partial charge in [-0.15, -0.1) is 0 Å². The van der Waals surface area contributed by atoms with Gasteiger partial charge in [-0.05, 0) is 42.3 Å². The van der Waals surface area contributed by atoms with Crippen LogP contribution in [0.15, 0.2) is 48.5 Å². The van der Waals surface area contributed by atoms with E-state index in [4.69, 9.17) is 9.47 Å². The maximum Gasteiger partial charge on any atom is 0.264 e. The number of carbonyl (C=O) groups is 2. The monoisotopic (exact) mass is 352 g/mol. The van der Waals surface area contributed by atoms with Crippen molar-refractivity contribution >= 4 is 28.8 Å². The van der Waals surface area contributed by atoms with Crippen LogP contribution in [0.5, 0.6) is 11.5 Å². The molecule has 6 nitrogen and oxygen atoms in total. The number of carbonyl (C=O) groups excluding carboxylic acids is 2. The highest BCUT2D eigenvalue weighted by Crippen LogP contribution is 2.38. The van der Waals surface area contributed by atoms with Gasteiger partial charge in [0.1, 0.15) is 5.75 Å². The molecule has 2 aromatic rings. The molecule has 1 heterocycles. The number of benzene rings is 2. The summed E-state index contributed by atoms with van der Waals surface area (Å²) in [5.74, 6) is 0.863. The number of allylic oxidation sites excluding steroid dienone is 1. The molecule has 0 atom stereocenters. The van der Waals surface area contributed by atoms with Crippen molar-refractivity contribution in [1.29, 1.82) is 0 Å². The van der Waals surface area contributed by atoms with Crippen LogP contribution in [0.3, 0.4) is 0 Å². The molecule has 0 radical (unpaired) electrons. The van der Waals surface area contributed by atoms with Gasteiger partial charge in [0, 0.05) is 13.1 Å². The summed E-state index contributed by atoms with van der Waals surface area (Å²) >= 11 is 0. The summed E-state index contributed by atoms with van der Waals surface area (Å²) < 4.78 is 10.7. The molecule has 0 aliphatic carbocycles. The lowest BCUT2D eigenvalue weighted by atomic mass is 10.1. The molecule has 0 saturated heterocycles. The number of hydrogen-bond acceptors (Lipinski definition) is 4. The largest absolute Gasteiger partial charge is 0.497 e. The first-order valence-electron chi connectivity index (χ1n) is 8.15. The highest BCUT2D eigenvalue weighted by atomic mass is 16.5. The second-order valence-corrected chi connectivity index (χ2v) is 5.94. The number of likely N-dealkylation sites (N-methyl/N-ethyl adjacent to an activating group) is 1. The van der Waals surface area contributed by atoms with Crippen LogP contribution in [0.4, 0.5) is 11.4 Å². The predicted molar refractivity (Wildman–Crippen MR) is 101 cm³/mol. The SMILES string of the molecule is COc1ccc(/C(C)=C/C(=O)Nc2cccc3c2OCC(=O)N3C)cc1. The van der Waals surface area contributed by atoms with Crippen LogP contribution >= 0.6 is 0 Å². The van der Waals surface area contributed by atoms with Gasteiger partial charge in [-0.25, -0.2) is 0 Å². The maximum atomic E-state index is 12.4. The van der Waals surface area contributed by atoms with E-state index in [2.05, 4.69) is 5.32 Å². The first-order valence-corrected chi connectivity index (χ1v) is 8.15.